The van der Waals surface area contributed by atoms with Crippen LogP contribution in [0.5, 0.6) is 0 Å². The van der Waals surface area contributed by atoms with Crippen LogP contribution in [0.4, 0.5) is 0 Å². The molecule has 0 saturated heterocycles. The first-order valence-electron chi connectivity index (χ1n) is 4.78. The summed E-state index contributed by atoms with van der Waals surface area (Å²) in [7, 11) is 0. The summed E-state index contributed by atoms with van der Waals surface area (Å²) in [6.07, 6.45) is 2.85. The Morgan fingerprint density at radius 2 is 2.47 bits per heavy atom. The lowest BCUT2D eigenvalue weighted by Crippen LogP contribution is -2.23. The van der Waals surface area contributed by atoms with Gasteiger partial charge in [-0.2, -0.15) is 0 Å². The van der Waals surface area contributed by atoms with E-state index in [4.69, 9.17) is 0 Å². The van der Waals surface area contributed by atoms with Crippen LogP contribution in [0.1, 0.15) is 23.5 Å². The molecule has 2 aromatic rings. The SMILES string of the molecule is CCNC(Cc1cncs1)c1csnn1. The van der Waals surface area contributed by atoms with Gasteiger partial charge in [0, 0.05) is 22.9 Å². The van der Waals surface area contributed by atoms with Crippen molar-refractivity contribution in [2.45, 2.75) is 19.4 Å². The third-order valence-electron chi connectivity index (χ3n) is 2.07. The molecular weight excluding hydrogens is 228 g/mol. The van der Waals surface area contributed by atoms with Gasteiger partial charge in [0.25, 0.3) is 0 Å². The van der Waals surface area contributed by atoms with Gasteiger partial charge < -0.3 is 5.32 Å². The van der Waals surface area contributed by atoms with Crippen LogP contribution in [0.2, 0.25) is 0 Å². The molecule has 15 heavy (non-hydrogen) atoms. The number of nitrogens with zero attached hydrogens (tertiary/aromatic N) is 3. The number of hydrogen-bond donors (Lipinski definition) is 1. The molecule has 2 rings (SSSR count). The fraction of sp³-hybridized carbons (Fsp3) is 0.444. The third-order valence-corrected chi connectivity index (χ3v) is 3.40. The molecule has 0 aliphatic rings. The van der Waals surface area contributed by atoms with Crippen molar-refractivity contribution in [3.05, 3.63) is 27.7 Å². The van der Waals surface area contributed by atoms with Crippen molar-refractivity contribution in [3.63, 3.8) is 0 Å². The maximum atomic E-state index is 4.11. The zero-order chi connectivity index (χ0) is 10.5. The summed E-state index contributed by atoms with van der Waals surface area (Å²) in [6.45, 7) is 3.03. The second-order valence-electron chi connectivity index (χ2n) is 3.11. The van der Waals surface area contributed by atoms with E-state index in [1.807, 2.05) is 17.1 Å². The quantitative estimate of drug-likeness (QED) is 0.867. The first kappa shape index (κ1) is 10.7. The Hall–Kier alpha value is -0.850. The topological polar surface area (TPSA) is 50.7 Å². The van der Waals surface area contributed by atoms with E-state index in [1.54, 1.807) is 11.3 Å². The van der Waals surface area contributed by atoms with Crippen LogP contribution >= 0.6 is 22.9 Å². The highest BCUT2D eigenvalue weighted by Crippen LogP contribution is 2.19. The van der Waals surface area contributed by atoms with Gasteiger partial charge in [-0.15, -0.1) is 16.4 Å². The van der Waals surface area contributed by atoms with Crippen molar-refractivity contribution in [1.29, 1.82) is 0 Å². The molecule has 0 fully saturated rings. The molecule has 0 spiro atoms. The molecule has 0 saturated carbocycles. The maximum absolute atomic E-state index is 4.11. The van der Waals surface area contributed by atoms with Crippen LogP contribution in [0.3, 0.4) is 0 Å². The van der Waals surface area contributed by atoms with Crippen molar-refractivity contribution >= 4 is 22.9 Å². The van der Waals surface area contributed by atoms with E-state index < -0.39 is 0 Å². The standard InChI is InChI=1S/C9H12N4S2/c1-2-11-8(9-5-15-13-12-9)3-7-4-10-6-14-7/h4-6,8,11H,2-3H2,1H3. The predicted octanol–water partition coefficient (Wildman–Crippen LogP) is 1.89. The molecular formula is C9H12N4S2. The first-order chi connectivity index (χ1) is 7.40. The Balaban J connectivity index is 2.07. The average Bonchev–Trinajstić information content (AvgIpc) is 2.89. The summed E-state index contributed by atoms with van der Waals surface area (Å²) >= 11 is 3.07. The Morgan fingerprint density at radius 3 is 3.07 bits per heavy atom. The summed E-state index contributed by atoms with van der Waals surface area (Å²) in [5, 5.41) is 9.51. The highest BCUT2D eigenvalue weighted by Gasteiger charge is 2.14. The van der Waals surface area contributed by atoms with E-state index in [0.717, 1.165) is 18.7 Å². The van der Waals surface area contributed by atoms with Crippen LogP contribution in [-0.2, 0) is 6.42 Å². The van der Waals surface area contributed by atoms with E-state index in [9.17, 15) is 0 Å². The Bertz CT molecular complexity index is 371. The average molecular weight is 240 g/mol. The van der Waals surface area contributed by atoms with E-state index in [2.05, 4.69) is 26.8 Å². The van der Waals surface area contributed by atoms with Crippen LogP contribution in [-0.4, -0.2) is 21.1 Å². The molecule has 1 atom stereocenters. The van der Waals surface area contributed by atoms with Gasteiger partial charge in [-0.05, 0) is 18.1 Å². The smallest absolute Gasteiger partial charge is 0.0928 e. The molecule has 0 aliphatic heterocycles. The molecule has 1 unspecified atom stereocenters. The van der Waals surface area contributed by atoms with E-state index in [0.29, 0.717) is 0 Å². The van der Waals surface area contributed by atoms with Crippen LogP contribution in [0.15, 0.2) is 17.1 Å². The number of aromatic nitrogens is 3. The summed E-state index contributed by atoms with van der Waals surface area (Å²) in [4.78, 5) is 5.35. The number of rotatable bonds is 5. The summed E-state index contributed by atoms with van der Waals surface area (Å²) in [5.74, 6) is 0. The second kappa shape index (κ2) is 5.29. The molecule has 0 aliphatic carbocycles. The fourth-order valence-corrected chi connectivity index (χ4v) is 2.55. The van der Waals surface area contributed by atoms with Gasteiger partial charge in [-0.3, -0.25) is 4.98 Å². The van der Waals surface area contributed by atoms with Crippen molar-refractivity contribution in [2.24, 2.45) is 0 Å². The summed E-state index contributed by atoms with van der Waals surface area (Å²) < 4.78 is 3.89. The third kappa shape index (κ3) is 2.80. The monoisotopic (exact) mass is 240 g/mol. The predicted molar refractivity (Wildman–Crippen MR) is 62.1 cm³/mol. The van der Waals surface area contributed by atoms with Crippen molar-refractivity contribution in [2.75, 3.05) is 6.54 Å². The van der Waals surface area contributed by atoms with Crippen LogP contribution in [0, 0.1) is 0 Å². The van der Waals surface area contributed by atoms with E-state index in [1.165, 1.54) is 16.4 Å². The number of hydrogen-bond acceptors (Lipinski definition) is 6. The Morgan fingerprint density at radius 1 is 1.53 bits per heavy atom. The van der Waals surface area contributed by atoms with Crippen molar-refractivity contribution < 1.29 is 0 Å². The minimum Gasteiger partial charge on any atom is -0.309 e. The minimum absolute atomic E-state index is 0.259. The van der Waals surface area contributed by atoms with Gasteiger partial charge in [0.15, 0.2) is 0 Å². The zero-order valence-corrected chi connectivity index (χ0v) is 10.0. The zero-order valence-electron chi connectivity index (χ0n) is 8.38. The molecule has 1 N–H and O–H groups in total. The lowest BCUT2D eigenvalue weighted by Gasteiger charge is -2.13. The second-order valence-corrected chi connectivity index (χ2v) is 4.69. The molecule has 6 heteroatoms. The van der Waals surface area contributed by atoms with Gasteiger partial charge in [0.05, 0.1) is 17.2 Å². The van der Waals surface area contributed by atoms with Crippen LogP contribution < -0.4 is 5.32 Å². The normalized spacial score (nSPS) is 12.9. The molecule has 0 bridgehead atoms. The van der Waals surface area contributed by atoms with Gasteiger partial charge >= 0.3 is 0 Å². The number of nitrogens with one attached hydrogen (secondary N) is 1. The van der Waals surface area contributed by atoms with Gasteiger partial charge in [0.2, 0.25) is 0 Å². The lowest BCUT2D eigenvalue weighted by atomic mass is 10.1. The Labute approximate surface area is 96.5 Å². The Kier molecular flexibility index (Phi) is 3.76. The molecule has 4 nitrogen and oxygen atoms in total. The van der Waals surface area contributed by atoms with E-state index >= 15 is 0 Å². The molecule has 0 aromatic carbocycles. The molecule has 80 valence electrons. The van der Waals surface area contributed by atoms with Gasteiger partial charge in [0.1, 0.15) is 0 Å². The molecule has 2 aromatic heterocycles. The van der Waals surface area contributed by atoms with Crippen molar-refractivity contribution in [1.82, 2.24) is 19.9 Å². The molecule has 0 amide bonds. The first-order valence-corrected chi connectivity index (χ1v) is 6.49. The van der Waals surface area contributed by atoms with Crippen LogP contribution in [0.25, 0.3) is 0 Å². The van der Waals surface area contributed by atoms with Crippen molar-refractivity contribution in [3.8, 4) is 0 Å². The maximum Gasteiger partial charge on any atom is 0.0928 e. The summed E-state index contributed by atoms with van der Waals surface area (Å²) in [6, 6.07) is 0.259. The number of thiazole rings is 1. The number of likely N-dealkylation sites (N-methyl/N-ethyl adjacent to an activating group) is 1. The van der Waals surface area contributed by atoms with Gasteiger partial charge in [-0.25, -0.2) is 0 Å². The van der Waals surface area contributed by atoms with E-state index in [-0.39, 0.29) is 6.04 Å². The largest absolute Gasteiger partial charge is 0.309 e. The molecule has 2 heterocycles. The highest BCUT2D eigenvalue weighted by atomic mass is 32.1. The highest BCUT2D eigenvalue weighted by molar-refractivity contribution is 7.09. The van der Waals surface area contributed by atoms with Gasteiger partial charge in [-0.1, -0.05) is 11.4 Å². The molecule has 0 radical (unpaired) electrons. The summed E-state index contributed by atoms with van der Waals surface area (Å²) in [5.41, 5.74) is 2.88. The lowest BCUT2D eigenvalue weighted by molar-refractivity contribution is 0.538. The minimum atomic E-state index is 0.259. The fourth-order valence-electron chi connectivity index (χ4n) is 1.40.